The highest BCUT2D eigenvalue weighted by molar-refractivity contribution is 5.80. The van der Waals surface area contributed by atoms with Crippen molar-refractivity contribution in [1.82, 2.24) is 15.5 Å². The van der Waals surface area contributed by atoms with Gasteiger partial charge in [-0.05, 0) is 69.6 Å². The van der Waals surface area contributed by atoms with E-state index in [-0.39, 0.29) is 36.5 Å². The predicted molar refractivity (Wildman–Crippen MR) is 99.0 cm³/mol. The maximum Gasteiger partial charge on any atom is 0.315 e. The van der Waals surface area contributed by atoms with E-state index in [2.05, 4.69) is 10.6 Å². The molecule has 1 heterocycles. The van der Waals surface area contributed by atoms with Crippen molar-refractivity contribution >= 4 is 17.9 Å². The van der Waals surface area contributed by atoms with Gasteiger partial charge in [-0.1, -0.05) is 0 Å². The van der Waals surface area contributed by atoms with Gasteiger partial charge in [-0.3, -0.25) is 9.59 Å². The molecule has 0 radical (unpaired) electrons. The molecule has 0 aromatic heterocycles. The average Bonchev–Trinajstić information content (AvgIpc) is 2.94. The quantitative estimate of drug-likeness (QED) is 0.682. The number of carbonyl (C=O) groups excluding carboxylic acids is 2. The van der Waals surface area contributed by atoms with E-state index in [0.29, 0.717) is 13.0 Å². The summed E-state index contributed by atoms with van der Waals surface area (Å²) in [6, 6.07) is -0.446. The van der Waals surface area contributed by atoms with E-state index < -0.39 is 11.9 Å². The first-order chi connectivity index (χ1) is 12.8. The van der Waals surface area contributed by atoms with Gasteiger partial charge in [-0.25, -0.2) is 4.79 Å². The number of nitrogens with zero attached hydrogens (tertiary/aromatic N) is 1. The third kappa shape index (κ3) is 3.65. The van der Waals surface area contributed by atoms with Gasteiger partial charge in [0.15, 0.2) is 0 Å². The van der Waals surface area contributed by atoms with Gasteiger partial charge in [0.2, 0.25) is 5.91 Å². The van der Waals surface area contributed by atoms with Crippen molar-refractivity contribution in [1.29, 1.82) is 0 Å². The summed E-state index contributed by atoms with van der Waals surface area (Å²) < 4.78 is 0. The summed E-state index contributed by atoms with van der Waals surface area (Å²) in [5, 5.41) is 15.3. The topological polar surface area (TPSA) is 98.7 Å². The number of carboxylic acids is 1. The summed E-state index contributed by atoms with van der Waals surface area (Å²) in [4.78, 5) is 37.6. The van der Waals surface area contributed by atoms with Gasteiger partial charge in [-0.2, -0.15) is 0 Å². The zero-order chi connectivity index (χ0) is 19.2. The average molecular weight is 377 g/mol. The fourth-order valence-corrected chi connectivity index (χ4v) is 6.60. The zero-order valence-electron chi connectivity index (χ0n) is 16.1. The Bertz CT molecular complexity index is 599. The lowest BCUT2D eigenvalue weighted by atomic mass is 9.53. The highest BCUT2D eigenvalue weighted by atomic mass is 16.4. The van der Waals surface area contributed by atoms with Crippen LogP contribution in [0.25, 0.3) is 0 Å². The number of nitrogens with one attached hydrogen (secondary N) is 2. The molecule has 3 N–H and O–H groups in total. The van der Waals surface area contributed by atoms with Gasteiger partial charge >= 0.3 is 12.0 Å². The number of aliphatic carboxylic acids is 1. The first kappa shape index (κ1) is 18.6. The molecule has 0 spiro atoms. The Labute approximate surface area is 160 Å². The van der Waals surface area contributed by atoms with Crippen LogP contribution in [0.15, 0.2) is 0 Å². The number of urea groups is 1. The van der Waals surface area contributed by atoms with Gasteiger partial charge in [0.1, 0.15) is 0 Å². The maximum absolute atomic E-state index is 12.4. The van der Waals surface area contributed by atoms with E-state index in [1.807, 2.05) is 0 Å². The van der Waals surface area contributed by atoms with Crippen LogP contribution in [-0.4, -0.2) is 52.6 Å². The van der Waals surface area contributed by atoms with Crippen LogP contribution in [0.3, 0.4) is 0 Å². The molecular weight excluding hydrogens is 346 g/mol. The molecule has 27 heavy (non-hydrogen) atoms. The lowest BCUT2D eigenvalue weighted by molar-refractivity contribution is -0.143. The van der Waals surface area contributed by atoms with E-state index in [1.165, 1.54) is 19.3 Å². The van der Waals surface area contributed by atoms with Crippen LogP contribution in [0.1, 0.15) is 58.3 Å². The molecule has 0 aromatic rings. The van der Waals surface area contributed by atoms with Gasteiger partial charge in [0.25, 0.3) is 0 Å². The minimum absolute atomic E-state index is 0.0268. The summed E-state index contributed by atoms with van der Waals surface area (Å²) in [7, 11) is 0. The highest BCUT2D eigenvalue weighted by Crippen LogP contribution is 2.55. The van der Waals surface area contributed by atoms with Crippen LogP contribution in [0.2, 0.25) is 0 Å². The van der Waals surface area contributed by atoms with Crippen LogP contribution in [0.4, 0.5) is 4.79 Å². The number of likely N-dealkylation sites (tertiary alicyclic amines) is 1. The Hall–Kier alpha value is -1.79. The highest BCUT2D eigenvalue weighted by Gasteiger charge is 2.51. The Morgan fingerprint density at radius 2 is 1.67 bits per heavy atom. The molecule has 5 rings (SSSR count). The van der Waals surface area contributed by atoms with Gasteiger partial charge in [-0.15, -0.1) is 0 Å². The number of carbonyl (C=O) groups is 3. The van der Waals surface area contributed by atoms with Crippen molar-refractivity contribution in [3.05, 3.63) is 0 Å². The van der Waals surface area contributed by atoms with E-state index in [1.54, 1.807) is 11.8 Å². The molecule has 5 aliphatic rings. The number of rotatable bonds is 5. The van der Waals surface area contributed by atoms with Crippen molar-refractivity contribution < 1.29 is 19.5 Å². The van der Waals surface area contributed by atoms with Crippen LogP contribution in [-0.2, 0) is 9.59 Å². The van der Waals surface area contributed by atoms with Crippen molar-refractivity contribution in [2.75, 3.05) is 13.1 Å². The minimum atomic E-state index is -0.842. The molecule has 2 unspecified atom stereocenters. The first-order valence-corrected chi connectivity index (χ1v) is 10.4. The minimum Gasteiger partial charge on any atom is -0.481 e. The predicted octanol–water partition coefficient (Wildman–Crippen LogP) is 1.97. The smallest absolute Gasteiger partial charge is 0.315 e. The summed E-state index contributed by atoms with van der Waals surface area (Å²) in [5.41, 5.74) is -0.0268. The van der Waals surface area contributed by atoms with E-state index in [0.717, 1.165) is 37.0 Å². The molecule has 7 nitrogen and oxygen atoms in total. The second-order valence-corrected chi connectivity index (χ2v) is 9.39. The van der Waals surface area contributed by atoms with Crippen molar-refractivity contribution in [2.45, 2.75) is 69.9 Å². The van der Waals surface area contributed by atoms with E-state index in [4.69, 9.17) is 0 Å². The SMILES string of the molecule is CC1C(C(=O)O)CCN1C(=O)CCNC(=O)NC12CC3CC(CC(C3)C1)C2. The van der Waals surface area contributed by atoms with Gasteiger partial charge in [0.05, 0.1) is 5.92 Å². The Morgan fingerprint density at radius 1 is 1.07 bits per heavy atom. The number of amides is 3. The monoisotopic (exact) mass is 377 g/mol. The maximum atomic E-state index is 12.4. The van der Waals surface area contributed by atoms with Crippen molar-refractivity contribution in [3.8, 4) is 0 Å². The number of carboxylic acid groups (broad SMARTS) is 1. The third-order valence-corrected chi connectivity index (χ3v) is 7.43. The summed E-state index contributed by atoms with van der Waals surface area (Å²) in [5.74, 6) is 0.916. The number of hydrogen-bond acceptors (Lipinski definition) is 3. The van der Waals surface area contributed by atoms with Gasteiger partial charge < -0.3 is 20.6 Å². The molecule has 4 bridgehead atoms. The van der Waals surface area contributed by atoms with Crippen molar-refractivity contribution in [3.63, 3.8) is 0 Å². The molecule has 1 saturated heterocycles. The largest absolute Gasteiger partial charge is 0.481 e. The molecule has 3 amide bonds. The lowest BCUT2D eigenvalue weighted by Gasteiger charge is -2.56. The number of hydrogen-bond donors (Lipinski definition) is 3. The normalized spacial score (nSPS) is 39.4. The van der Waals surface area contributed by atoms with E-state index >= 15 is 0 Å². The standard InChI is InChI=1S/C20H31N3O4/c1-12-16(18(25)26)3-5-23(12)17(24)2-4-21-19(27)22-20-9-13-6-14(10-20)8-15(7-13)11-20/h12-16H,2-11H2,1H3,(H,25,26)(H2,21,22,27). The Kier molecular flexibility index (Phi) is 4.80. The fraction of sp³-hybridized carbons (Fsp3) is 0.850. The Morgan fingerprint density at radius 3 is 2.19 bits per heavy atom. The molecule has 2 atom stereocenters. The zero-order valence-corrected chi connectivity index (χ0v) is 16.1. The molecule has 7 heteroatoms. The molecular formula is C20H31N3O4. The molecule has 150 valence electrons. The summed E-state index contributed by atoms with van der Waals surface area (Å²) in [6.45, 7) is 2.56. The van der Waals surface area contributed by atoms with Crippen LogP contribution >= 0.6 is 0 Å². The fourth-order valence-electron chi connectivity index (χ4n) is 6.60. The second-order valence-electron chi connectivity index (χ2n) is 9.39. The first-order valence-electron chi connectivity index (χ1n) is 10.4. The molecule has 4 saturated carbocycles. The summed E-state index contributed by atoms with van der Waals surface area (Å²) >= 11 is 0. The van der Waals surface area contributed by atoms with Crippen LogP contribution < -0.4 is 10.6 Å². The molecule has 5 fully saturated rings. The second kappa shape index (κ2) is 6.99. The lowest BCUT2D eigenvalue weighted by Crippen LogP contribution is -2.61. The van der Waals surface area contributed by atoms with Gasteiger partial charge in [0, 0.05) is 31.1 Å². The molecule has 1 aliphatic heterocycles. The summed E-state index contributed by atoms with van der Waals surface area (Å²) in [6.07, 6.45) is 8.04. The van der Waals surface area contributed by atoms with Crippen molar-refractivity contribution in [2.24, 2.45) is 23.7 Å². The van der Waals surface area contributed by atoms with Crippen LogP contribution in [0, 0.1) is 23.7 Å². The Balaban J connectivity index is 1.22. The van der Waals surface area contributed by atoms with Crippen LogP contribution in [0.5, 0.6) is 0 Å². The molecule has 0 aromatic carbocycles. The molecule has 4 aliphatic carbocycles. The third-order valence-electron chi connectivity index (χ3n) is 7.43. The van der Waals surface area contributed by atoms with E-state index in [9.17, 15) is 19.5 Å².